The zero-order valence-electron chi connectivity index (χ0n) is 10.1. The van der Waals surface area contributed by atoms with Crippen LogP contribution >= 0.6 is 0 Å². The summed E-state index contributed by atoms with van der Waals surface area (Å²) in [7, 11) is 0. The van der Waals surface area contributed by atoms with E-state index in [1.165, 1.54) is 6.07 Å². The third-order valence-electron chi connectivity index (χ3n) is 2.73. The molecule has 98 valence electrons. The van der Waals surface area contributed by atoms with Gasteiger partial charge in [0, 0.05) is 0 Å². The maximum absolute atomic E-state index is 12.7. The minimum absolute atomic E-state index is 0.0572. The second-order valence-corrected chi connectivity index (χ2v) is 3.99. The summed E-state index contributed by atoms with van der Waals surface area (Å²) in [5, 5.41) is 14.1. The van der Waals surface area contributed by atoms with Gasteiger partial charge in [-0.1, -0.05) is 12.1 Å². The van der Waals surface area contributed by atoms with Crippen molar-refractivity contribution in [3.8, 4) is 0 Å². The molecule has 0 aliphatic heterocycles. The van der Waals surface area contributed by atoms with Crippen molar-refractivity contribution in [3.05, 3.63) is 29.8 Å². The largest absolute Gasteiger partial charge is 0.409 e. The van der Waals surface area contributed by atoms with Crippen LogP contribution in [-0.2, 0) is 0 Å². The Morgan fingerprint density at radius 3 is 2.78 bits per heavy atom. The van der Waals surface area contributed by atoms with Crippen molar-refractivity contribution in [3.63, 3.8) is 0 Å². The first-order valence-electron chi connectivity index (χ1n) is 5.35. The molecule has 0 aromatic carbocycles. The number of pyridine rings is 1. The molecular weight excluding hydrogens is 239 g/mol. The molecule has 1 aromatic rings. The lowest BCUT2D eigenvalue weighted by Crippen LogP contribution is -2.55. The third-order valence-corrected chi connectivity index (χ3v) is 2.73. The van der Waals surface area contributed by atoms with Crippen LogP contribution in [0, 0.1) is 5.82 Å². The first-order valence-corrected chi connectivity index (χ1v) is 5.35. The first kappa shape index (κ1) is 13.9. The number of nitrogens with zero attached hydrogens (tertiary/aromatic N) is 2. The predicted octanol–water partition coefficient (Wildman–Crippen LogP) is 0.866. The standard InChI is InChI=1S/C11H15FN4O2/c1-3-11(2,10(13)16-18)15-9(17)8-5-4-7(12)6-14-8/h4-6,18H,3H2,1-2H3,(H2,13,16)(H,15,17). The molecule has 1 atom stereocenters. The SMILES string of the molecule is CCC(C)(NC(=O)c1ccc(F)cn1)/C(N)=N/O. The van der Waals surface area contributed by atoms with Gasteiger partial charge in [-0.25, -0.2) is 9.37 Å². The van der Waals surface area contributed by atoms with Gasteiger partial charge >= 0.3 is 0 Å². The van der Waals surface area contributed by atoms with E-state index in [0.29, 0.717) is 6.42 Å². The van der Waals surface area contributed by atoms with Gasteiger partial charge in [0.25, 0.3) is 5.91 Å². The van der Waals surface area contributed by atoms with Gasteiger partial charge in [0.15, 0.2) is 5.84 Å². The average molecular weight is 254 g/mol. The molecule has 0 spiro atoms. The van der Waals surface area contributed by atoms with E-state index < -0.39 is 17.3 Å². The van der Waals surface area contributed by atoms with Crippen molar-refractivity contribution in [1.29, 1.82) is 0 Å². The number of hydrogen-bond acceptors (Lipinski definition) is 4. The summed E-state index contributed by atoms with van der Waals surface area (Å²) in [4.78, 5) is 15.5. The summed E-state index contributed by atoms with van der Waals surface area (Å²) in [6, 6.07) is 2.39. The molecule has 18 heavy (non-hydrogen) atoms. The van der Waals surface area contributed by atoms with Crippen LogP contribution in [0.15, 0.2) is 23.5 Å². The Morgan fingerprint density at radius 1 is 1.67 bits per heavy atom. The van der Waals surface area contributed by atoms with Crippen LogP contribution in [0.25, 0.3) is 0 Å². The summed E-state index contributed by atoms with van der Waals surface area (Å²) < 4.78 is 12.7. The lowest BCUT2D eigenvalue weighted by molar-refractivity contribution is 0.0919. The van der Waals surface area contributed by atoms with Crippen LogP contribution in [0.2, 0.25) is 0 Å². The van der Waals surface area contributed by atoms with E-state index in [2.05, 4.69) is 15.5 Å². The molecular formula is C11H15FN4O2. The first-order chi connectivity index (χ1) is 8.42. The quantitative estimate of drug-likeness (QED) is 0.321. The second-order valence-electron chi connectivity index (χ2n) is 3.99. The number of nitrogens with one attached hydrogen (secondary N) is 1. The summed E-state index contributed by atoms with van der Waals surface area (Å²) in [5.74, 6) is -1.16. The fourth-order valence-corrected chi connectivity index (χ4v) is 1.27. The number of oxime groups is 1. The zero-order valence-corrected chi connectivity index (χ0v) is 10.1. The molecule has 0 bridgehead atoms. The average Bonchev–Trinajstić information content (AvgIpc) is 2.38. The normalized spacial score (nSPS) is 14.9. The van der Waals surface area contributed by atoms with Gasteiger partial charge in [-0.15, -0.1) is 0 Å². The zero-order chi connectivity index (χ0) is 13.8. The van der Waals surface area contributed by atoms with Crippen LogP contribution in [0.3, 0.4) is 0 Å². The molecule has 1 amide bonds. The molecule has 0 saturated carbocycles. The van der Waals surface area contributed by atoms with Gasteiger partial charge in [0.2, 0.25) is 0 Å². The van der Waals surface area contributed by atoms with E-state index in [1.54, 1.807) is 13.8 Å². The Bertz CT molecular complexity index is 461. The maximum Gasteiger partial charge on any atom is 0.270 e. The van der Waals surface area contributed by atoms with Gasteiger partial charge in [0.05, 0.1) is 11.7 Å². The molecule has 0 aliphatic rings. The third kappa shape index (κ3) is 2.93. The predicted molar refractivity (Wildman–Crippen MR) is 63.8 cm³/mol. The Kier molecular flexibility index (Phi) is 4.19. The molecule has 0 fully saturated rings. The summed E-state index contributed by atoms with van der Waals surface area (Å²) in [5.41, 5.74) is 4.59. The number of amides is 1. The Morgan fingerprint density at radius 2 is 2.33 bits per heavy atom. The topological polar surface area (TPSA) is 101 Å². The molecule has 1 heterocycles. The minimum atomic E-state index is -0.984. The van der Waals surface area contributed by atoms with Crippen molar-refractivity contribution in [2.45, 2.75) is 25.8 Å². The number of amidine groups is 1. The van der Waals surface area contributed by atoms with E-state index >= 15 is 0 Å². The lowest BCUT2D eigenvalue weighted by atomic mass is 9.97. The molecule has 0 radical (unpaired) electrons. The molecule has 0 aliphatic carbocycles. The summed E-state index contributed by atoms with van der Waals surface area (Å²) >= 11 is 0. The summed E-state index contributed by atoms with van der Waals surface area (Å²) in [6.45, 7) is 3.39. The van der Waals surface area contributed by atoms with Crippen LogP contribution in [0.5, 0.6) is 0 Å². The molecule has 1 aromatic heterocycles. The van der Waals surface area contributed by atoms with Crippen LogP contribution in [-0.4, -0.2) is 27.5 Å². The Labute approximate surface area is 104 Å². The number of halogens is 1. The lowest BCUT2D eigenvalue weighted by Gasteiger charge is -2.27. The van der Waals surface area contributed by atoms with Crippen LogP contribution in [0.4, 0.5) is 4.39 Å². The smallest absolute Gasteiger partial charge is 0.270 e. The molecule has 0 saturated heterocycles. The van der Waals surface area contributed by atoms with Crippen molar-refractivity contribution in [2.24, 2.45) is 10.9 Å². The highest BCUT2D eigenvalue weighted by molar-refractivity contribution is 5.98. The van der Waals surface area contributed by atoms with Gasteiger partial charge in [-0.2, -0.15) is 0 Å². The van der Waals surface area contributed by atoms with Crippen LogP contribution in [0.1, 0.15) is 30.8 Å². The number of hydrogen-bond donors (Lipinski definition) is 3. The number of carbonyl (C=O) groups excluding carboxylic acids is 1. The van der Waals surface area contributed by atoms with Crippen molar-refractivity contribution in [2.75, 3.05) is 0 Å². The molecule has 4 N–H and O–H groups in total. The molecule has 1 unspecified atom stereocenters. The molecule has 6 nitrogen and oxygen atoms in total. The highest BCUT2D eigenvalue weighted by atomic mass is 19.1. The number of nitrogens with two attached hydrogens (primary N) is 1. The molecule has 1 rings (SSSR count). The van der Waals surface area contributed by atoms with E-state index in [9.17, 15) is 9.18 Å². The van der Waals surface area contributed by atoms with E-state index in [1.807, 2.05) is 0 Å². The van der Waals surface area contributed by atoms with Gasteiger partial charge in [-0.05, 0) is 25.5 Å². The monoisotopic (exact) mass is 254 g/mol. The van der Waals surface area contributed by atoms with Gasteiger partial charge < -0.3 is 16.3 Å². The fourth-order valence-electron chi connectivity index (χ4n) is 1.27. The van der Waals surface area contributed by atoms with Crippen molar-refractivity contribution in [1.82, 2.24) is 10.3 Å². The second kappa shape index (κ2) is 5.44. The highest BCUT2D eigenvalue weighted by Crippen LogP contribution is 2.10. The van der Waals surface area contributed by atoms with Crippen LogP contribution < -0.4 is 11.1 Å². The maximum atomic E-state index is 12.7. The highest BCUT2D eigenvalue weighted by Gasteiger charge is 2.30. The van der Waals surface area contributed by atoms with Crippen molar-refractivity contribution < 1.29 is 14.4 Å². The van der Waals surface area contributed by atoms with E-state index in [0.717, 1.165) is 12.3 Å². The van der Waals surface area contributed by atoms with E-state index in [-0.39, 0.29) is 11.5 Å². The molecule has 7 heteroatoms. The van der Waals surface area contributed by atoms with Gasteiger partial charge in [-0.3, -0.25) is 4.79 Å². The van der Waals surface area contributed by atoms with E-state index in [4.69, 9.17) is 10.9 Å². The Balaban J connectivity index is 2.89. The summed E-state index contributed by atoms with van der Waals surface area (Å²) in [6.07, 6.45) is 1.37. The fraction of sp³-hybridized carbons (Fsp3) is 0.364. The van der Waals surface area contributed by atoms with Crippen molar-refractivity contribution >= 4 is 11.7 Å². The Hall–Kier alpha value is -2.18. The van der Waals surface area contributed by atoms with Gasteiger partial charge in [0.1, 0.15) is 11.5 Å². The number of aromatic nitrogens is 1. The number of carbonyl (C=O) groups is 1. The number of rotatable bonds is 4. The minimum Gasteiger partial charge on any atom is -0.409 e.